The van der Waals surface area contributed by atoms with E-state index in [1.54, 1.807) is 18.2 Å². The third-order valence-electron chi connectivity index (χ3n) is 4.53. The van der Waals surface area contributed by atoms with Crippen molar-refractivity contribution in [3.05, 3.63) is 76.9 Å². The third kappa shape index (κ3) is 3.45. The lowest BCUT2D eigenvalue weighted by Gasteiger charge is -2.14. The second-order valence-corrected chi connectivity index (χ2v) is 6.43. The van der Waals surface area contributed by atoms with Gasteiger partial charge in [-0.1, -0.05) is 36.4 Å². The lowest BCUT2D eigenvalue weighted by Crippen LogP contribution is -2.24. The molecule has 0 fully saturated rings. The molecule has 1 N–H and O–H groups in total. The highest BCUT2D eigenvalue weighted by molar-refractivity contribution is 6.03. The van der Waals surface area contributed by atoms with Crippen LogP contribution in [0.4, 0.5) is 0 Å². The van der Waals surface area contributed by atoms with Crippen molar-refractivity contribution < 1.29 is 19.4 Å². The van der Waals surface area contributed by atoms with Gasteiger partial charge in [0.15, 0.2) is 6.10 Å². The predicted molar refractivity (Wildman–Crippen MR) is 101 cm³/mol. The van der Waals surface area contributed by atoms with Crippen molar-refractivity contribution in [3.63, 3.8) is 0 Å². The van der Waals surface area contributed by atoms with Crippen LogP contribution in [-0.4, -0.2) is 23.0 Å². The van der Waals surface area contributed by atoms with E-state index in [2.05, 4.69) is 0 Å². The van der Waals surface area contributed by atoms with Crippen LogP contribution in [0, 0.1) is 13.8 Å². The predicted octanol–water partition coefficient (Wildman–Crippen LogP) is 4.59. The Labute approximate surface area is 152 Å². The van der Waals surface area contributed by atoms with Gasteiger partial charge in [-0.25, -0.2) is 4.79 Å². The van der Waals surface area contributed by atoms with Crippen molar-refractivity contribution >= 4 is 22.5 Å². The number of ether oxygens (including phenoxy) is 1. The van der Waals surface area contributed by atoms with Crippen LogP contribution >= 0.6 is 0 Å². The van der Waals surface area contributed by atoms with Gasteiger partial charge in [0, 0.05) is 5.56 Å². The summed E-state index contributed by atoms with van der Waals surface area (Å²) in [5.74, 6) is -1.17. The molecule has 3 aromatic rings. The number of ketones is 1. The quantitative estimate of drug-likeness (QED) is 0.553. The van der Waals surface area contributed by atoms with E-state index in [-0.39, 0.29) is 17.1 Å². The molecule has 0 heterocycles. The molecule has 1 atom stereocenters. The molecule has 132 valence electrons. The largest absolute Gasteiger partial charge is 0.507 e. The van der Waals surface area contributed by atoms with Gasteiger partial charge in [0.25, 0.3) is 0 Å². The molecule has 0 aliphatic heterocycles. The topological polar surface area (TPSA) is 63.6 Å². The summed E-state index contributed by atoms with van der Waals surface area (Å²) in [6.45, 7) is 5.43. The Hall–Kier alpha value is -3.14. The van der Waals surface area contributed by atoms with E-state index in [4.69, 9.17) is 4.74 Å². The van der Waals surface area contributed by atoms with Gasteiger partial charge in [0.2, 0.25) is 5.78 Å². The minimum Gasteiger partial charge on any atom is -0.507 e. The Balaban J connectivity index is 1.81. The second kappa shape index (κ2) is 7.00. The number of aryl methyl sites for hydroxylation is 2. The summed E-state index contributed by atoms with van der Waals surface area (Å²) in [7, 11) is 0. The summed E-state index contributed by atoms with van der Waals surface area (Å²) < 4.78 is 5.30. The van der Waals surface area contributed by atoms with E-state index in [0.717, 1.165) is 21.9 Å². The number of fused-ring (bicyclic) bond motifs is 1. The number of phenols is 1. The Morgan fingerprint density at radius 3 is 2.23 bits per heavy atom. The normalized spacial score (nSPS) is 12.0. The Bertz CT molecular complexity index is 1000. The molecule has 0 unspecified atom stereocenters. The van der Waals surface area contributed by atoms with Gasteiger partial charge in [0.05, 0.1) is 0 Å². The molecular weight excluding hydrogens is 328 g/mol. The number of benzene rings is 3. The number of phenolic OH excluding ortho intramolecular Hbond substituents is 1. The molecule has 0 spiro atoms. The summed E-state index contributed by atoms with van der Waals surface area (Å²) in [5, 5.41) is 11.8. The number of carbonyl (C=O) groups excluding carboxylic acids is 2. The van der Waals surface area contributed by atoms with Crippen molar-refractivity contribution in [2.75, 3.05) is 0 Å². The number of esters is 1. The SMILES string of the molecule is Cc1ccc(C(=O)[C@@H](C)OC(=O)c2cc3ccccc3cc2O)cc1C. The van der Waals surface area contributed by atoms with Crippen LogP contribution in [0.2, 0.25) is 0 Å². The minimum absolute atomic E-state index is 0.0448. The highest BCUT2D eigenvalue weighted by Gasteiger charge is 2.22. The van der Waals surface area contributed by atoms with Gasteiger partial charge in [-0.3, -0.25) is 4.79 Å². The minimum atomic E-state index is -0.949. The van der Waals surface area contributed by atoms with E-state index >= 15 is 0 Å². The molecule has 4 nitrogen and oxygen atoms in total. The zero-order valence-electron chi connectivity index (χ0n) is 14.9. The van der Waals surface area contributed by atoms with Crippen LogP contribution in [0.3, 0.4) is 0 Å². The van der Waals surface area contributed by atoms with E-state index in [1.807, 2.05) is 44.2 Å². The number of hydrogen-bond donors (Lipinski definition) is 1. The summed E-state index contributed by atoms with van der Waals surface area (Å²) in [5.41, 5.74) is 2.63. The monoisotopic (exact) mass is 348 g/mol. The standard InChI is InChI=1S/C22H20O4/c1-13-8-9-18(10-14(13)2)21(24)15(3)26-22(25)19-11-16-6-4-5-7-17(16)12-20(19)23/h4-12,15,23H,1-3H3/t15-/m1/s1. The molecule has 3 aromatic carbocycles. The molecule has 4 heteroatoms. The van der Waals surface area contributed by atoms with Gasteiger partial charge in [-0.15, -0.1) is 0 Å². The first kappa shape index (κ1) is 17.7. The zero-order valence-corrected chi connectivity index (χ0v) is 14.9. The van der Waals surface area contributed by atoms with Crippen molar-refractivity contribution in [3.8, 4) is 5.75 Å². The van der Waals surface area contributed by atoms with Gasteiger partial charge in [-0.2, -0.15) is 0 Å². The average Bonchev–Trinajstić information content (AvgIpc) is 2.62. The molecule has 0 aliphatic carbocycles. The highest BCUT2D eigenvalue weighted by Crippen LogP contribution is 2.26. The van der Waals surface area contributed by atoms with Crippen LogP contribution in [-0.2, 0) is 4.74 Å². The van der Waals surface area contributed by atoms with E-state index in [1.165, 1.54) is 13.0 Å². The fourth-order valence-corrected chi connectivity index (χ4v) is 2.80. The molecule has 0 amide bonds. The molecular formula is C22H20O4. The van der Waals surface area contributed by atoms with Gasteiger partial charge < -0.3 is 9.84 Å². The first-order valence-electron chi connectivity index (χ1n) is 8.41. The van der Waals surface area contributed by atoms with Crippen LogP contribution in [0.5, 0.6) is 5.75 Å². The maximum absolute atomic E-state index is 12.5. The van der Waals surface area contributed by atoms with Gasteiger partial charge in [0.1, 0.15) is 11.3 Å². The van der Waals surface area contributed by atoms with Crippen molar-refractivity contribution in [1.29, 1.82) is 0 Å². The molecule has 26 heavy (non-hydrogen) atoms. The molecule has 0 aliphatic rings. The number of aromatic hydroxyl groups is 1. The maximum atomic E-state index is 12.5. The van der Waals surface area contributed by atoms with Crippen molar-refractivity contribution in [2.24, 2.45) is 0 Å². The van der Waals surface area contributed by atoms with Crippen molar-refractivity contribution in [1.82, 2.24) is 0 Å². The first-order valence-corrected chi connectivity index (χ1v) is 8.41. The zero-order chi connectivity index (χ0) is 18.8. The molecule has 0 bridgehead atoms. The van der Waals surface area contributed by atoms with E-state index in [0.29, 0.717) is 5.56 Å². The molecule has 0 radical (unpaired) electrons. The van der Waals surface area contributed by atoms with E-state index in [9.17, 15) is 14.7 Å². The Morgan fingerprint density at radius 1 is 0.923 bits per heavy atom. The Morgan fingerprint density at radius 2 is 1.58 bits per heavy atom. The number of Topliss-reactive ketones (excluding diaryl/α,β-unsaturated/α-hetero) is 1. The summed E-state index contributed by atoms with van der Waals surface area (Å²) in [4.78, 5) is 25.0. The lowest BCUT2D eigenvalue weighted by atomic mass is 10.0. The van der Waals surface area contributed by atoms with Crippen LogP contribution in [0.1, 0.15) is 38.8 Å². The Kier molecular flexibility index (Phi) is 4.76. The first-order chi connectivity index (χ1) is 12.4. The maximum Gasteiger partial charge on any atom is 0.342 e. The van der Waals surface area contributed by atoms with Gasteiger partial charge in [-0.05, 0) is 60.9 Å². The molecule has 0 aromatic heterocycles. The summed E-state index contributed by atoms with van der Waals surface area (Å²) in [6, 6.07) is 15.8. The van der Waals surface area contributed by atoms with E-state index < -0.39 is 12.1 Å². The van der Waals surface area contributed by atoms with Crippen molar-refractivity contribution in [2.45, 2.75) is 26.9 Å². The smallest absolute Gasteiger partial charge is 0.342 e. The fourth-order valence-electron chi connectivity index (χ4n) is 2.80. The third-order valence-corrected chi connectivity index (χ3v) is 4.53. The van der Waals surface area contributed by atoms with Crippen LogP contribution in [0.15, 0.2) is 54.6 Å². The van der Waals surface area contributed by atoms with Gasteiger partial charge >= 0.3 is 5.97 Å². The van der Waals surface area contributed by atoms with Crippen LogP contribution < -0.4 is 0 Å². The molecule has 3 rings (SSSR count). The molecule has 0 saturated carbocycles. The highest BCUT2D eigenvalue weighted by atomic mass is 16.5. The fraction of sp³-hybridized carbons (Fsp3) is 0.182. The summed E-state index contributed by atoms with van der Waals surface area (Å²) >= 11 is 0. The number of hydrogen-bond acceptors (Lipinski definition) is 4. The van der Waals surface area contributed by atoms with Crippen LogP contribution in [0.25, 0.3) is 10.8 Å². The number of rotatable bonds is 4. The second-order valence-electron chi connectivity index (χ2n) is 6.43. The molecule has 0 saturated heterocycles. The lowest BCUT2D eigenvalue weighted by molar-refractivity contribution is 0.0316. The average molecular weight is 348 g/mol. The summed E-state index contributed by atoms with van der Waals surface area (Å²) in [6.07, 6.45) is -0.949. The number of carbonyl (C=O) groups is 2.